The number of benzene rings is 2. The summed E-state index contributed by atoms with van der Waals surface area (Å²) in [4.78, 5) is 0. The third-order valence-electron chi connectivity index (χ3n) is 3.11. The third kappa shape index (κ3) is 3.59. The first-order valence-electron chi connectivity index (χ1n) is 6.15. The van der Waals surface area contributed by atoms with E-state index in [1.54, 1.807) is 30.3 Å². The van der Waals surface area contributed by atoms with Crippen molar-refractivity contribution in [2.24, 2.45) is 5.73 Å². The molecule has 0 aliphatic carbocycles. The zero-order chi connectivity index (χ0) is 15.6. The summed E-state index contributed by atoms with van der Waals surface area (Å²) in [6.07, 6.45) is -6.13. The standard InChI is InChI=1S/C15H13F4NO/c16-12-7-10(6-11(8-12)15(17,18)19)14(21)13(20)9-4-2-1-3-5-9/h1-8,13-14,21H,20H2. The molecule has 0 saturated heterocycles. The van der Waals surface area contributed by atoms with E-state index in [0.29, 0.717) is 17.7 Å². The molecule has 0 aliphatic heterocycles. The summed E-state index contributed by atoms with van der Waals surface area (Å²) in [7, 11) is 0. The number of nitrogens with two attached hydrogens (primary N) is 1. The monoisotopic (exact) mass is 299 g/mol. The van der Waals surface area contributed by atoms with E-state index >= 15 is 0 Å². The molecule has 2 aromatic carbocycles. The summed E-state index contributed by atoms with van der Waals surface area (Å²) < 4.78 is 51.3. The number of aliphatic hydroxyl groups excluding tert-OH is 1. The highest BCUT2D eigenvalue weighted by atomic mass is 19.4. The van der Waals surface area contributed by atoms with Gasteiger partial charge in [0.25, 0.3) is 0 Å². The molecule has 0 spiro atoms. The largest absolute Gasteiger partial charge is 0.416 e. The van der Waals surface area contributed by atoms with Crippen molar-refractivity contribution < 1.29 is 22.7 Å². The molecule has 0 radical (unpaired) electrons. The van der Waals surface area contributed by atoms with Crippen LogP contribution in [0.4, 0.5) is 17.6 Å². The lowest BCUT2D eigenvalue weighted by Gasteiger charge is -2.20. The van der Waals surface area contributed by atoms with Gasteiger partial charge in [-0.3, -0.25) is 0 Å². The van der Waals surface area contributed by atoms with Crippen LogP contribution in [0.3, 0.4) is 0 Å². The SMILES string of the molecule is NC(c1ccccc1)C(O)c1cc(F)cc(C(F)(F)F)c1. The Bertz CT molecular complexity index is 613. The van der Waals surface area contributed by atoms with E-state index < -0.39 is 29.7 Å². The van der Waals surface area contributed by atoms with Crippen molar-refractivity contribution in [2.75, 3.05) is 0 Å². The molecular formula is C15H13F4NO. The number of rotatable bonds is 3. The quantitative estimate of drug-likeness (QED) is 0.851. The van der Waals surface area contributed by atoms with E-state index in [1.165, 1.54) is 0 Å². The first-order chi connectivity index (χ1) is 9.79. The molecule has 2 nitrogen and oxygen atoms in total. The molecule has 0 fully saturated rings. The molecule has 0 saturated carbocycles. The number of hydrogen-bond donors (Lipinski definition) is 2. The summed E-state index contributed by atoms with van der Waals surface area (Å²) in [6, 6.07) is 9.38. The van der Waals surface area contributed by atoms with Gasteiger partial charge in [0.15, 0.2) is 0 Å². The van der Waals surface area contributed by atoms with E-state index in [0.717, 1.165) is 6.07 Å². The maximum Gasteiger partial charge on any atom is 0.416 e. The molecule has 2 rings (SSSR count). The van der Waals surface area contributed by atoms with Crippen LogP contribution in [0.5, 0.6) is 0 Å². The highest BCUT2D eigenvalue weighted by molar-refractivity contribution is 5.31. The van der Waals surface area contributed by atoms with Gasteiger partial charge < -0.3 is 10.8 Å². The normalized spacial score (nSPS) is 14.8. The molecule has 0 amide bonds. The lowest BCUT2D eigenvalue weighted by atomic mass is 9.95. The second-order valence-electron chi connectivity index (χ2n) is 4.65. The Morgan fingerprint density at radius 2 is 1.57 bits per heavy atom. The van der Waals surface area contributed by atoms with E-state index in [9.17, 15) is 22.7 Å². The number of hydrogen-bond acceptors (Lipinski definition) is 2. The van der Waals surface area contributed by atoms with Gasteiger partial charge in [-0.15, -0.1) is 0 Å². The minimum Gasteiger partial charge on any atom is -0.386 e. The molecule has 21 heavy (non-hydrogen) atoms. The topological polar surface area (TPSA) is 46.2 Å². The zero-order valence-electron chi connectivity index (χ0n) is 10.8. The van der Waals surface area contributed by atoms with Gasteiger partial charge in [-0.1, -0.05) is 30.3 Å². The van der Waals surface area contributed by atoms with Crippen molar-refractivity contribution in [2.45, 2.75) is 18.3 Å². The summed E-state index contributed by atoms with van der Waals surface area (Å²) in [5.74, 6) is -1.07. The fourth-order valence-electron chi connectivity index (χ4n) is 2.01. The molecular weight excluding hydrogens is 286 g/mol. The second kappa shape index (κ2) is 5.83. The van der Waals surface area contributed by atoms with Crippen molar-refractivity contribution in [1.82, 2.24) is 0 Å². The second-order valence-corrected chi connectivity index (χ2v) is 4.65. The fourth-order valence-corrected chi connectivity index (χ4v) is 2.01. The average Bonchev–Trinajstić information content (AvgIpc) is 2.45. The molecule has 3 N–H and O–H groups in total. The van der Waals surface area contributed by atoms with Crippen LogP contribution in [-0.4, -0.2) is 5.11 Å². The van der Waals surface area contributed by atoms with E-state index in [1.807, 2.05) is 0 Å². The average molecular weight is 299 g/mol. The molecule has 2 aromatic rings. The lowest BCUT2D eigenvalue weighted by molar-refractivity contribution is -0.137. The third-order valence-corrected chi connectivity index (χ3v) is 3.11. The molecule has 112 valence electrons. The van der Waals surface area contributed by atoms with Crippen molar-refractivity contribution >= 4 is 0 Å². The van der Waals surface area contributed by atoms with Gasteiger partial charge in [0.2, 0.25) is 0 Å². The van der Waals surface area contributed by atoms with Crippen LogP contribution in [0.15, 0.2) is 48.5 Å². The van der Waals surface area contributed by atoms with Crippen LogP contribution < -0.4 is 5.73 Å². The maximum atomic E-state index is 13.3. The minimum atomic E-state index is -4.69. The van der Waals surface area contributed by atoms with Gasteiger partial charge in [0.05, 0.1) is 17.7 Å². The molecule has 0 aliphatic rings. The van der Waals surface area contributed by atoms with Crippen molar-refractivity contribution in [1.29, 1.82) is 0 Å². The first-order valence-corrected chi connectivity index (χ1v) is 6.15. The van der Waals surface area contributed by atoms with Gasteiger partial charge >= 0.3 is 6.18 Å². The van der Waals surface area contributed by atoms with Crippen molar-refractivity contribution in [3.8, 4) is 0 Å². The zero-order valence-corrected chi connectivity index (χ0v) is 10.8. The van der Waals surface area contributed by atoms with Crippen LogP contribution in [0.2, 0.25) is 0 Å². The molecule has 0 aromatic heterocycles. The van der Waals surface area contributed by atoms with E-state index in [2.05, 4.69) is 0 Å². The van der Waals surface area contributed by atoms with Gasteiger partial charge in [-0.05, 0) is 29.3 Å². The summed E-state index contributed by atoms with van der Waals surface area (Å²) in [5, 5.41) is 10.1. The maximum absolute atomic E-state index is 13.3. The predicted octanol–water partition coefficient (Wildman–Crippen LogP) is 3.58. The summed E-state index contributed by atoms with van der Waals surface area (Å²) in [5.41, 5.74) is 5.01. The van der Waals surface area contributed by atoms with Crippen molar-refractivity contribution in [3.05, 3.63) is 71.0 Å². The van der Waals surface area contributed by atoms with Crippen LogP contribution >= 0.6 is 0 Å². The Morgan fingerprint density at radius 1 is 0.952 bits per heavy atom. The Morgan fingerprint density at radius 3 is 2.14 bits per heavy atom. The fraction of sp³-hybridized carbons (Fsp3) is 0.200. The van der Waals surface area contributed by atoms with Gasteiger partial charge in [-0.25, -0.2) is 4.39 Å². The van der Waals surface area contributed by atoms with Crippen LogP contribution in [0, 0.1) is 5.82 Å². The smallest absolute Gasteiger partial charge is 0.386 e. The van der Waals surface area contributed by atoms with Gasteiger partial charge in [-0.2, -0.15) is 13.2 Å². The Kier molecular flexibility index (Phi) is 4.29. The highest BCUT2D eigenvalue weighted by Crippen LogP contribution is 2.34. The predicted molar refractivity (Wildman–Crippen MR) is 69.7 cm³/mol. The Balaban J connectivity index is 2.35. The Labute approximate surface area is 118 Å². The Hall–Kier alpha value is -1.92. The molecule has 0 heterocycles. The molecule has 0 bridgehead atoms. The molecule has 2 unspecified atom stereocenters. The number of aliphatic hydroxyl groups is 1. The number of alkyl halides is 3. The minimum absolute atomic E-state index is 0.210. The van der Waals surface area contributed by atoms with Gasteiger partial charge in [0, 0.05) is 0 Å². The first kappa shape index (κ1) is 15.5. The number of halogens is 4. The summed E-state index contributed by atoms with van der Waals surface area (Å²) >= 11 is 0. The van der Waals surface area contributed by atoms with Crippen LogP contribution in [0.1, 0.15) is 28.8 Å². The van der Waals surface area contributed by atoms with Gasteiger partial charge in [0.1, 0.15) is 5.82 Å². The summed E-state index contributed by atoms with van der Waals surface area (Å²) in [6.45, 7) is 0. The van der Waals surface area contributed by atoms with Crippen molar-refractivity contribution in [3.63, 3.8) is 0 Å². The molecule has 6 heteroatoms. The highest BCUT2D eigenvalue weighted by Gasteiger charge is 2.32. The van der Waals surface area contributed by atoms with E-state index in [4.69, 9.17) is 5.73 Å². The van der Waals surface area contributed by atoms with Crippen LogP contribution in [0.25, 0.3) is 0 Å². The molecule has 2 atom stereocenters. The lowest BCUT2D eigenvalue weighted by Crippen LogP contribution is -2.20. The van der Waals surface area contributed by atoms with Crippen LogP contribution in [-0.2, 0) is 6.18 Å². The van der Waals surface area contributed by atoms with E-state index in [-0.39, 0.29) is 5.56 Å².